The third-order valence-corrected chi connectivity index (χ3v) is 4.27. The highest BCUT2D eigenvalue weighted by Gasteiger charge is 2.30. The van der Waals surface area contributed by atoms with Gasteiger partial charge in [0.05, 0.1) is 5.60 Å². The van der Waals surface area contributed by atoms with E-state index >= 15 is 0 Å². The van der Waals surface area contributed by atoms with Crippen LogP contribution in [0.25, 0.3) is 0 Å². The Balaban J connectivity index is 1.69. The first kappa shape index (κ1) is 14.6. The average Bonchev–Trinajstić information content (AvgIpc) is 2.38. The fourth-order valence-corrected chi connectivity index (χ4v) is 2.97. The van der Waals surface area contributed by atoms with Gasteiger partial charge in [0.25, 0.3) is 0 Å². The van der Waals surface area contributed by atoms with Gasteiger partial charge in [-0.3, -0.25) is 0 Å². The van der Waals surface area contributed by atoms with Crippen molar-refractivity contribution in [1.82, 2.24) is 10.6 Å². The molecule has 2 atom stereocenters. The molecule has 0 bridgehead atoms. The molecule has 2 rings (SSSR count). The molecule has 1 saturated heterocycles. The Morgan fingerprint density at radius 1 is 1.37 bits per heavy atom. The molecule has 2 fully saturated rings. The van der Waals surface area contributed by atoms with E-state index in [4.69, 9.17) is 4.74 Å². The zero-order valence-corrected chi connectivity index (χ0v) is 11.8. The maximum absolute atomic E-state index is 11.8. The summed E-state index contributed by atoms with van der Waals surface area (Å²) in [6, 6.07) is 0.132. The van der Waals surface area contributed by atoms with Crippen LogP contribution in [0.1, 0.15) is 45.4 Å². The van der Waals surface area contributed by atoms with E-state index in [9.17, 15) is 9.90 Å². The van der Waals surface area contributed by atoms with Crippen LogP contribution in [0.5, 0.6) is 0 Å². The Bertz CT molecular complexity index is 303. The average molecular weight is 270 g/mol. The minimum absolute atomic E-state index is 0.154. The number of carbonyl (C=O) groups is 1. The van der Waals surface area contributed by atoms with Crippen LogP contribution in [0.2, 0.25) is 0 Å². The van der Waals surface area contributed by atoms with Gasteiger partial charge < -0.3 is 20.5 Å². The molecule has 1 aliphatic heterocycles. The summed E-state index contributed by atoms with van der Waals surface area (Å²) in [6.45, 7) is 3.68. The number of hydrogen-bond acceptors (Lipinski definition) is 3. The quantitative estimate of drug-likeness (QED) is 0.726. The van der Waals surface area contributed by atoms with E-state index in [0.29, 0.717) is 38.5 Å². The lowest BCUT2D eigenvalue weighted by Gasteiger charge is -2.33. The number of aliphatic hydroxyl groups is 1. The van der Waals surface area contributed by atoms with E-state index in [1.165, 1.54) is 12.8 Å². The van der Waals surface area contributed by atoms with Crippen molar-refractivity contribution in [1.29, 1.82) is 0 Å². The largest absolute Gasteiger partial charge is 0.388 e. The highest BCUT2D eigenvalue weighted by molar-refractivity contribution is 5.74. The van der Waals surface area contributed by atoms with Crippen molar-refractivity contribution in [3.05, 3.63) is 0 Å². The van der Waals surface area contributed by atoms with E-state index in [1.54, 1.807) is 0 Å². The summed E-state index contributed by atoms with van der Waals surface area (Å²) in [5, 5.41) is 16.1. The van der Waals surface area contributed by atoms with Gasteiger partial charge in [0.2, 0.25) is 0 Å². The van der Waals surface area contributed by atoms with Crippen LogP contribution >= 0.6 is 0 Å². The van der Waals surface area contributed by atoms with Gasteiger partial charge >= 0.3 is 6.03 Å². The summed E-state index contributed by atoms with van der Waals surface area (Å²) in [4.78, 5) is 11.8. The van der Waals surface area contributed by atoms with Gasteiger partial charge in [-0.15, -0.1) is 0 Å². The standard InChI is InChI=1S/C14H26N2O3/c1-11-3-2-4-12(9-11)16-13(17)15-10-14(18)5-7-19-8-6-14/h11-12,18H,2-10H2,1H3,(H2,15,16,17). The Kier molecular flexibility index (Phi) is 5.05. The van der Waals surface area contributed by atoms with Crippen LogP contribution in [-0.2, 0) is 4.74 Å². The molecule has 2 amide bonds. The van der Waals surface area contributed by atoms with Crippen LogP contribution < -0.4 is 10.6 Å². The number of ether oxygens (including phenoxy) is 1. The van der Waals surface area contributed by atoms with Crippen molar-refractivity contribution < 1.29 is 14.6 Å². The lowest BCUT2D eigenvalue weighted by molar-refractivity contribution is -0.0600. The smallest absolute Gasteiger partial charge is 0.315 e. The second-order valence-corrected chi connectivity index (χ2v) is 6.13. The second kappa shape index (κ2) is 6.57. The van der Waals surface area contributed by atoms with Crippen LogP contribution in [0.4, 0.5) is 4.79 Å². The molecular formula is C14H26N2O3. The molecule has 19 heavy (non-hydrogen) atoms. The first-order valence-corrected chi connectivity index (χ1v) is 7.42. The minimum atomic E-state index is -0.796. The summed E-state index contributed by atoms with van der Waals surface area (Å²) in [5.74, 6) is 0.693. The molecule has 3 N–H and O–H groups in total. The molecule has 0 spiro atoms. The third kappa shape index (κ3) is 4.66. The van der Waals surface area contributed by atoms with Crippen molar-refractivity contribution in [3.8, 4) is 0 Å². The van der Waals surface area contributed by atoms with Crippen molar-refractivity contribution in [2.75, 3.05) is 19.8 Å². The monoisotopic (exact) mass is 270 g/mol. The molecule has 1 heterocycles. The number of nitrogens with one attached hydrogen (secondary N) is 2. The molecule has 0 aromatic rings. The van der Waals surface area contributed by atoms with E-state index in [-0.39, 0.29) is 12.1 Å². The molecule has 5 nitrogen and oxygen atoms in total. The van der Waals surface area contributed by atoms with Gasteiger partial charge in [0.1, 0.15) is 0 Å². The van der Waals surface area contributed by atoms with Gasteiger partial charge in [-0.2, -0.15) is 0 Å². The summed E-state index contributed by atoms with van der Waals surface area (Å²) in [7, 11) is 0. The molecule has 2 unspecified atom stereocenters. The van der Waals surface area contributed by atoms with Gasteiger partial charge in [0.15, 0.2) is 0 Å². The molecule has 0 aromatic carbocycles. The lowest BCUT2D eigenvalue weighted by Crippen LogP contribution is -2.51. The van der Waals surface area contributed by atoms with Crippen molar-refractivity contribution in [2.45, 2.75) is 57.1 Å². The number of amides is 2. The van der Waals surface area contributed by atoms with Crippen LogP contribution in [-0.4, -0.2) is 42.5 Å². The number of urea groups is 1. The second-order valence-electron chi connectivity index (χ2n) is 6.13. The van der Waals surface area contributed by atoms with E-state index < -0.39 is 5.60 Å². The lowest BCUT2D eigenvalue weighted by atomic mass is 9.87. The number of carbonyl (C=O) groups excluding carboxylic acids is 1. The highest BCUT2D eigenvalue weighted by Crippen LogP contribution is 2.23. The molecular weight excluding hydrogens is 244 g/mol. The van der Waals surface area contributed by atoms with E-state index in [2.05, 4.69) is 17.6 Å². The third-order valence-electron chi connectivity index (χ3n) is 4.27. The normalized spacial score (nSPS) is 30.6. The van der Waals surface area contributed by atoms with Crippen molar-refractivity contribution in [3.63, 3.8) is 0 Å². The molecule has 1 aliphatic carbocycles. The van der Waals surface area contributed by atoms with E-state index in [0.717, 1.165) is 12.8 Å². The fourth-order valence-electron chi connectivity index (χ4n) is 2.97. The van der Waals surface area contributed by atoms with Crippen molar-refractivity contribution in [2.24, 2.45) is 5.92 Å². The molecule has 0 radical (unpaired) electrons. The van der Waals surface area contributed by atoms with Gasteiger partial charge in [-0.05, 0) is 18.8 Å². The predicted molar refractivity (Wildman–Crippen MR) is 73.0 cm³/mol. The zero-order valence-electron chi connectivity index (χ0n) is 11.8. The van der Waals surface area contributed by atoms with E-state index in [1.807, 2.05) is 0 Å². The predicted octanol–water partition coefficient (Wildman–Crippen LogP) is 1.41. The minimum Gasteiger partial charge on any atom is -0.388 e. The van der Waals surface area contributed by atoms with Crippen molar-refractivity contribution >= 4 is 6.03 Å². The van der Waals surface area contributed by atoms with Gasteiger partial charge in [-0.25, -0.2) is 4.79 Å². The first-order chi connectivity index (χ1) is 9.07. The Morgan fingerprint density at radius 2 is 2.11 bits per heavy atom. The highest BCUT2D eigenvalue weighted by atomic mass is 16.5. The molecule has 1 saturated carbocycles. The molecule has 5 heteroatoms. The zero-order chi connectivity index (χ0) is 13.7. The van der Waals surface area contributed by atoms with Crippen LogP contribution in [0.3, 0.4) is 0 Å². The van der Waals surface area contributed by atoms with Crippen LogP contribution in [0.15, 0.2) is 0 Å². The molecule has 2 aliphatic rings. The van der Waals surface area contributed by atoms with Gasteiger partial charge in [-0.1, -0.05) is 19.8 Å². The summed E-state index contributed by atoms with van der Waals surface area (Å²) >= 11 is 0. The topological polar surface area (TPSA) is 70.6 Å². The maximum Gasteiger partial charge on any atom is 0.315 e. The SMILES string of the molecule is CC1CCCC(NC(=O)NCC2(O)CCOCC2)C1. The number of rotatable bonds is 3. The van der Waals surface area contributed by atoms with Crippen LogP contribution in [0, 0.1) is 5.92 Å². The Morgan fingerprint density at radius 3 is 2.79 bits per heavy atom. The summed E-state index contributed by atoms with van der Waals surface area (Å²) < 4.78 is 5.22. The molecule has 0 aromatic heterocycles. The van der Waals surface area contributed by atoms with Gasteiger partial charge in [0, 0.05) is 38.6 Å². The Labute approximate surface area is 115 Å². The first-order valence-electron chi connectivity index (χ1n) is 7.42. The maximum atomic E-state index is 11.8. The Hall–Kier alpha value is -0.810. The summed E-state index contributed by atoms with van der Waals surface area (Å²) in [5.41, 5.74) is -0.796. The summed E-state index contributed by atoms with van der Waals surface area (Å²) in [6.07, 6.45) is 5.76. The molecule has 110 valence electrons. The fraction of sp³-hybridized carbons (Fsp3) is 0.929. The number of hydrogen-bond donors (Lipinski definition) is 3.